The first kappa shape index (κ1) is 17.1. The lowest BCUT2D eigenvalue weighted by molar-refractivity contribution is -0.0972. The Labute approximate surface area is 146 Å². The number of aliphatic hydroxyl groups excluding tert-OH is 1. The molecule has 8 atom stereocenters. The number of methoxy groups -OCH3 is 2. The summed E-state index contributed by atoms with van der Waals surface area (Å²) >= 11 is 0. The van der Waals surface area contributed by atoms with Crippen molar-refractivity contribution in [3.8, 4) is 0 Å². The molecule has 4 aliphatic carbocycles. The summed E-state index contributed by atoms with van der Waals surface area (Å²) in [5, 5.41) is 10.6. The summed E-state index contributed by atoms with van der Waals surface area (Å²) in [6.45, 7) is 4.89. The Morgan fingerprint density at radius 1 is 1.08 bits per heavy atom. The summed E-state index contributed by atoms with van der Waals surface area (Å²) in [7, 11) is 3.64. The molecule has 136 valence electrons. The zero-order valence-electron chi connectivity index (χ0n) is 15.8. The van der Waals surface area contributed by atoms with Crippen LogP contribution in [0.2, 0.25) is 0 Å². The fourth-order valence-corrected chi connectivity index (χ4v) is 7.22. The third kappa shape index (κ3) is 2.20. The van der Waals surface area contributed by atoms with Gasteiger partial charge < -0.3 is 14.6 Å². The molecule has 3 heteroatoms. The largest absolute Gasteiger partial charge is 0.390 e. The van der Waals surface area contributed by atoms with Crippen molar-refractivity contribution in [1.82, 2.24) is 0 Å². The van der Waals surface area contributed by atoms with Crippen LogP contribution in [0.4, 0.5) is 0 Å². The Balaban J connectivity index is 1.64. The van der Waals surface area contributed by atoms with Crippen molar-refractivity contribution in [2.24, 2.45) is 28.6 Å². The van der Waals surface area contributed by atoms with Crippen LogP contribution in [0.5, 0.6) is 0 Å². The Bertz CT molecular complexity index is 529. The monoisotopic (exact) mass is 334 g/mol. The van der Waals surface area contributed by atoms with Gasteiger partial charge in [0.25, 0.3) is 0 Å². The zero-order chi connectivity index (χ0) is 17.1. The standard InChI is InChI=1S/C21H34O3/c1-20-9-7-14(23-3)11-13(20)5-6-15-16(20)8-10-21(2)17(15)12-18(22)19(21)24-4/h5,14-19,22H,6-12H2,1-4H3/t14-,15+,16-,17-,18-,19-,20-,21-/m0/s1. The van der Waals surface area contributed by atoms with E-state index in [1.807, 2.05) is 7.11 Å². The second-order valence-corrected chi connectivity index (χ2v) is 9.36. The molecule has 3 saturated carbocycles. The van der Waals surface area contributed by atoms with Crippen LogP contribution in [0.15, 0.2) is 11.6 Å². The van der Waals surface area contributed by atoms with Crippen molar-refractivity contribution in [2.45, 2.75) is 77.1 Å². The molecule has 0 unspecified atom stereocenters. The van der Waals surface area contributed by atoms with Gasteiger partial charge in [0.05, 0.1) is 18.3 Å². The molecule has 3 fully saturated rings. The third-order valence-corrected chi connectivity index (χ3v) is 8.58. The van der Waals surface area contributed by atoms with Crippen molar-refractivity contribution in [1.29, 1.82) is 0 Å². The summed E-state index contributed by atoms with van der Waals surface area (Å²) in [5.41, 5.74) is 2.17. The van der Waals surface area contributed by atoms with Crippen molar-refractivity contribution in [3.63, 3.8) is 0 Å². The van der Waals surface area contributed by atoms with Crippen molar-refractivity contribution < 1.29 is 14.6 Å². The summed E-state index contributed by atoms with van der Waals surface area (Å²) in [5.74, 6) is 2.09. The fourth-order valence-electron chi connectivity index (χ4n) is 7.22. The van der Waals surface area contributed by atoms with Crippen LogP contribution in [0.25, 0.3) is 0 Å². The van der Waals surface area contributed by atoms with Gasteiger partial charge in [0.1, 0.15) is 0 Å². The highest BCUT2D eigenvalue weighted by Crippen LogP contribution is 2.65. The van der Waals surface area contributed by atoms with E-state index in [0.29, 0.717) is 23.4 Å². The summed E-state index contributed by atoms with van der Waals surface area (Å²) in [4.78, 5) is 0. The maximum absolute atomic E-state index is 10.6. The summed E-state index contributed by atoms with van der Waals surface area (Å²) in [6.07, 6.45) is 10.9. The molecule has 0 bridgehead atoms. The molecule has 0 amide bonds. The number of fused-ring (bicyclic) bond motifs is 5. The Kier molecular flexibility index (Phi) is 4.14. The van der Waals surface area contributed by atoms with E-state index in [1.54, 1.807) is 12.7 Å². The van der Waals surface area contributed by atoms with Crippen molar-refractivity contribution in [3.05, 3.63) is 11.6 Å². The molecule has 1 N–H and O–H groups in total. The van der Waals surface area contributed by atoms with E-state index >= 15 is 0 Å². The Morgan fingerprint density at radius 3 is 2.58 bits per heavy atom. The number of allylic oxidation sites excluding steroid dienone is 1. The third-order valence-electron chi connectivity index (χ3n) is 8.58. The average Bonchev–Trinajstić information content (AvgIpc) is 2.83. The number of hydrogen-bond acceptors (Lipinski definition) is 3. The second-order valence-electron chi connectivity index (χ2n) is 9.36. The first-order valence-corrected chi connectivity index (χ1v) is 9.87. The molecule has 0 spiro atoms. The average molecular weight is 335 g/mol. The van der Waals surface area contributed by atoms with Gasteiger partial charge in [0.15, 0.2) is 0 Å². The number of rotatable bonds is 2. The highest BCUT2D eigenvalue weighted by molar-refractivity contribution is 5.25. The normalized spacial score (nSPS) is 53.8. The molecular weight excluding hydrogens is 300 g/mol. The molecule has 0 radical (unpaired) electrons. The molecule has 0 aromatic carbocycles. The lowest BCUT2D eigenvalue weighted by Gasteiger charge is -2.57. The predicted molar refractivity (Wildman–Crippen MR) is 94.7 cm³/mol. The number of hydrogen-bond donors (Lipinski definition) is 1. The minimum absolute atomic E-state index is 0.0193. The molecular formula is C21H34O3. The first-order chi connectivity index (χ1) is 11.4. The van der Waals surface area contributed by atoms with Gasteiger partial charge in [-0.2, -0.15) is 0 Å². The highest BCUT2D eigenvalue weighted by Gasteiger charge is 2.61. The van der Waals surface area contributed by atoms with E-state index in [-0.39, 0.29) is 17.6 Å². The van der Waals surface area contributed by atoms with Crippen LogP contribution in [-0.2, 0) is 9.47 Å². The Morgan fingerprint density at radius 2 is 1.88 bits per heavy atom. The molecule has 0 aliphatic heterocycles. The maximum atomic E-state index is 10.6. The van der Waals surface area contributed by atoms with Crippen LogP contribution < -0.4 is 0 Å². The van der Waals surface area contributed by atoms with Gasteiger partial charge in [0, 0.05) is 14.2 Å². The van der Waals surface area contributed by atoms with Crippen LogP contribution in [0, 0.1) is 28.6 Å². The lowest BCUT2D eigenvalue weighted by atomic mass is 9.48. The quantitative estimate of drug-likeness (QED) is 0.777. The molecule has 0 saturated heterocycles. The molecule has 0 aromatic heterocycles. The molecule has 3 nitrogen and oxygen atoms in total. The summed E-state index contributed by atoms with van der Waals surface area (Å²) < 4.78 is 11.4. The number of aliphatic hydroxyl groups is 1. The van der Waals surface area contributed by atoms with Gasteiger partial charge in [-0.15, -0.1) is 0 Å². The van der Waals surface area contributed by atoms with Crippen molar-refractivity contribution >= 4 is 0 Å². The smallest absolute Gasteiger partial charge is 0.0886 e. The second kappa shape index (κ2) is 5.82. The molecule has 4 aliphatic rings. The van der Waals surface area contributed by atoms with Crippen LogP contribution in [-0.4, -0.2) is 37.6 Å². The van der Waals surface area contributed by atoms with Gasteiger partial charge in [-0.05, 0) is 73.5 Å². The highest BCUT2D eigenvalue weighted by atomic mass is 16.5. The minimum atomic E-state index is -0.286. The molecule has 4 rings (SSSR count). The fraction of sp³-hybridized carbons (Fsp3) is 0.905. The van der Waals surface area contributed by atoms with Gasteiger partial charge in [0.2, 0.25) is 0 Å². The van der Waals surface area contributed by atoms with E-state index in [0.717, 1.165) is 18.8 Å². The first-order valence-electron chi connectivity index (χ1n) is 9.87. The topological polar surface area (TPSA) is 38.7 Å². The minimum Gasteiger partial charge on any atom is -0.390 e. The maximum Gasteiger partial charge on any atom is 0.0886 e. The van der Waals surface area contributed by atoms with Crippen molar-refractivity contribution in [2.75, 3.05) is 14.2 Å². The zero-order valence-corrected chi connectivity index (χ0v) is 15.8. The lowest BCUT2D eigenvalue weighted by Crippen LogP contribution is -2.51. The molecule has 0 heterocycles. The van der Waals surface area contributed by atoms with E-state index < -0.39 is 0 Å². The van der Waals surface area contributed by atoms with Crippen LogP contribution >= 0.6 is 0 Å². The van der Waals surface area contributed by atoms with Gasteiger partial charge >= 0.3 is 0 Å². The van der Waals surface area contributed by atoms with E-state index in [4.69, 9.17) is 9.47 Å². The SMILES string of the molecule is CO[C@H]1CC[C@@]2(C)C(=CC[C@H]3[C@@H]4C[C@H](O)[C@H](OC)[C@@]4(C)CC[C@@H]32)C1. The van der Waals surface area contributed by atoms with Gasteiger partial charge in [-0.3, -0.25) is 0 Å². The van der Waals surface area contributed by atoms with Crippen LogP contribution in [0.1, 0.15) is 58.8 Å². The molecule has 0 aromatic rings. The van der Waals surface area contributed by atoms with Gasteiger partial charge in [-0.25, -0.2) is 0 Å². The van der Waals surface area contributed by atoms with E-state index in [2.05, 4.69) is 19.9 Å². The van der Waals surface area contributed by atoms with Crippen LogP contribution in [0.3, 0.4) is 0 Å². The Hall–Kier alpha value is -0.380. The number of ether oxygens (including phenoxy) is 2. The summed E-state index contributed by atoms with van der Waals surface area (Å²) in [6, 6.07) is 0. The predicted octanol–water partition coefficient (Wildman–Crippen LogP) is 3.95. The van der Waals surface area contributed by atoms with Gasteiger partial charge in [-0.1, -0.05) is 25.5 Å². The van der Waals surface area contributed by atoms with E-state index in [9.17, 15) is 5.11 Å². The van der Waals surface area contributed by atoms with E-state index in [1.165, 1.54) is 32.1 Å². The molecule has 24 heavy (non-hydrogen) atoms.